The number of hydrogen-bond donors (Lipinski definition) is 4. The van der Waals surface area contributed by atoms with Gasteiger partial charge in [-0.3, -0.25) is 13.9 Å². The molecular formula is C17H29N2O9P. The monoisotopic (exact) mass is 436 g/mol. The van der Waals surface area contributed by atoms with Gasteiger partial charge in [-0.15, -0.1) is 0 Å². The van der Waals surface area contributed by atoms with Crippen molar-refractivity contribution in [2.24, 2.45) is 14.1 Å². The average Bonchev–Trinajstić information content (AvgIpc) is 2.90. The van der Waals surface area contributed by atoms with Crippen LogP contribution in [0.1, 0.15) is 45.3 Å². The van der Waals surface area contributed by atoms with Crippen molar-refractivity contribution in [2.75, 3.05) is 0 Å². The molecule has 166 valence electrons. The molecule has 2 heterocycles. The highest BCUT2D eigenvalue weighted by atomic mass is 31.2. The van der Waals surface area contributed by atoms with Gasteiger partial charge in [0.15, 0.2) is 5.34 Å². The summed E-state index contributed by atoms with van der Waals surface area (Å²) < 4.78 is 25.1. The van der Waals surface area contributed by atoms with E-state index < -0.39 is 54.7 Å². The Balaban J connectivity index is 2.20. The molecular weight excluding hydrogens is 407 g/mol. The van der Waals surface area contributed by atoms with Gasteiger partial charge in [-0.1, -0.05) is 6.92 Å². The Morgan fingerprint density at radius 3 is 2.45 bits per heavy atom. The SMILES string of the molecule is CCC(C)(O)P(=O)(O)OC(C)C[C@H]1O[C@@H](c2cn(C)c(=O)n(C)c2=O)[C@H](O)[C@@H]1O. The lowest BCUT2D eigenvalue weighted by molar-refractivity contribution is -0.0191. The Morgan fingerprint density at radius 2 is 1.90 bits per heavy atom. The van der Waals surface area contributed by atoms with E-state index in [1.165, 1.54) is 41.1 Å². The average molecular weight is 436 g/mol. The maximum atomic E-state index is 12.4. The fourth-order valence-electron chi connectivity index (χ4n) is 3.16. The third kappa shape index (κ3) is 4.56. The highest BCUT2D eigenvalue weighted by Gasteiger charge is 2.47. The van der Waals surface area contributed by atoms with Crippen molar-refractivity contribution in [2.45, 2.75) is 69.5 Å². The number of nitrogens with zero attached hydrogens (tertiary/aromatic N) is 2. The van der Waals surface area contributed by atoms with Crippen LogP contribution in [0.25, 0.3) is 0 Å². The second-order valence-corrected chi connectivity index (χ2v) is 9.88. The van der Waals surface area contributed by atoms with E-state index in [1.807, 2.05) is 0 Å². The van der Waals surface area contributed by atoms with E-state index in [4.69, 9.17) is 9.26 Å². The van der Waals surface area contributed by atoms with Crippen LogP contribution in [0.4, 0.5) is 0 Å². The van der Waals surface area contributed by atoms with Crippen LogP contribution in [-0.4, -0.2) is 59.1 Å². The van der Waals surface area contributed by atoms with Crippen molar-refractivity contribution in [3.63, 3.8) is 0 Å². The molecule has 0 saturated carbocycles. The lowest BCUT2D eigenvalue weighted by Crippen LogP contribution is -2.40. The van der Waals surface area contributed by atoms with Gasteiger partial charge in [0.05, 0.1) is 17.8 Å². The molecule has 1 fully saturated rings. The number of aromatic nitrogens is 2. The normalized spacial score (nSPS) is 30.0. The van der Waals surface area contributed by atoms with Gasteiger partial charge in [0.2, 0.25) is 0 Å². The molecule has 3 unspecified atom stereocenters. The number of ether oxygens (including phenoxy) is 1. The molecule has 1 aliphatic rings. The van der Waals surface area contributed by atoms with Gasteiger partial charge < -0.3 is 34.0 Å². The van der Waals surface area contributed by atoms with Gasteiger partial charge in [-0.2, -0.15) is 0 Å². The van der Waals surface area contributed by atoms with Crippen LogP contribution in [-0.2, 0) is 27.9 Å². The van der Waals surface area contributed by atoms with Gasteiger partial charge in [0.1, 0.15) is 18.3 Å². The summed E-state index contributed by atoms with van der Waals surface area (Å²) in [7, 11) is -1.65. The summed E-state index contributed by atoms with van der Waals surface area (Å²) in [5, 5.41) is 28.8. The Labute approximate surface area is 167 Å². The summed E-state index contributed by atoms with van der Waals surface area (Å²) in [6.45, 7) is 4.20. The third-order valence-electron chi connectivity index (χ3n) is 5.31. The number of hydrogen-bond acceptors (Lipinski definition) is 8. The Morgan fingerprint density at radius 1 is 1.31 bits per heavy atom. The first-order valence-corrected chi connectivity index (χ1v) is 10.8. The van der Waals surface area contributed by atoms with E-state index >= 15 is 0 Å². The molecule has 1 aromatic heterocycles. The molecule has 12 heteroatoms. The molecule has 0 amide bonds. The molecule has 2 rings (SSSR count). The van der Waals surface area contributed by atoms with Crippen molar-refractivity contribution in [3.05, 3.63) is 32.6 Å². The molecule has 1 aromatic rings. The predicted octanol–water partition coefficient (Wildman–Crippen LogP) is -0.655. The smallest absolute Gasteiger partial charge is 0.359 e. The van der Waals surface area contributed by atoms with Gasteiger partial charge in [-0.25, -0.2) is 4.79 Å². The highest BCUT2D eigenvalue weighted by Crippen LogP contribution is 2.56. The molecule has 0 radical (unpaired) electrons. The van der Waals surface area contributed by atoms with Crippen LogP contribution in [0.3, 0.4) is 0 Å². The van der Waals surface area contributed by atoms with E-state index in [9.17, 15) is 34.4 Å². The van der Waals surface area contributed by atoms with Crippen molar-refractivity contribution >= 4 is 7.60 Å². The van der Waals surface area contributed by atoms with Crippen LogP contribution in [0, 0.1) is 0 Å². The van der Waals surface area contributed by atoms with Crippen LogP contribution in [0.2, 0.25) is 0 Å². The van der Waals surface area contributed by atoms with Crippen molar-refractivity contribution in [1.82, 2.24) is 9.13 Å². The standard InChI is InChI=1S/C17H29N2O9P/c1-6-17(3,24)29(25,26)28-9(2)7-11-12(20)13(21)14(27-11)10-8-18(4)16(23)19(5)15(10)22/h8-9,11-14,20-21,24H,6-7H2,1-5H3,(H,25,26)/t9?,11-,12-,13-,14+,17?/m1/s1. The van der Waals surface area contributed by atoms with Crippen molar-refractivity contribution in [1.29, 1.82) is 0 Å². The van der Waals surface area contributed by atoms with E-state index in [0.29, 0.717) is 0 Å². The minimum absolute atomic E-state index is 0.000956. The molecule has 29 heavy (non-hydrogen) atoms. The Kier molecular flexibility index (Phi) is 6.96. The second kappa shape index (κ2) is 8.43. The van der Waals surface area contributed by atoms with Crippen LogP contribution in [0.15, 0.2) is 15.8 Å². The van der Waals surface area contributed by atoms with E-state index in [2.05, 4.69) is 0 Å². The minimum Gasteiger partial charge on any atom is -0.388 e. The first-order chi connectivity index (χ1) is 13.2. The Bertz CT molecular complexity index is 909. The summed E-state index contributed by atoms with van der Waals surface area (Å²) in [4.78, 5) is 34.2. The highest BCUT2D eigenvalue weighted by molar-refractivity contribution is 7.54. The summed E-state index contributed by atoms with van der Waals surface area (Å²) in [6, 6.07) is 0. The Hall–Kier alpha value is -1.33. The first kappa shape index (κ1) is 23.9. The van der Waals surface area contributed by atoms with Crippen LogP contribution < -0.4 is 11.2 Å². The minimum atomic E-state index is -4.38. The molecule has 0 aliphatic carbocycles. The molecule has 0 bridgehead atoms. The molecule has 7 atom stereocenters. The van der Waals surface area contributed by atoms with E-state index in [1.54, 1.807) is 0 Å². The second-order valence-electron chi connectivity index (χ2n) is 7.66. The molecule has 0 spiro atoms. The van der Waals surface area contributed by atoms with Gasteiger partial charge in [0, 0.05) is 26.7 Å². The zero-order valence-corrected chi connectivity index (χ0v) is 17.9. The zero-order chi connectivity index (χ0) is 22.3. The van der Waals surface area contributed by atoms with Crippen LogP contribution in [0.5, 0.6) is 0 Å². The van der Waals surface area contributed by atoms with Gasteiger partial charge in [-0.05, 0) is 20.3 Å². The third-order valence-corrected chi connectivity index (χ3v) is 7.49. The topological polar surface area (TPSA) is 160 Å². The van der Waals surface area contributed by atoms with Crippen molar-refractivity contribution < 1.29 is 34.0 Å². The number of aliphatic hydroxyl groups excluding tert-OH is 2. The zero-order valence-electron chi connectivity index (χ0n) is 17.1. The summed E-state index contributed by atoms with van der Waals surface area (Å²) in [6.07, 6.45) is -4.77. The number of rotatable bonds is 7. The largest absolute Gasteiger partial charge is 0.388 e. The van der Waals surface area contributed by atoms with E-state index in [-0.39, 0.29) is 18.4 Å². The molecule has 11 nitrogen and oxygen atoms in total. The fraction of sp³-hybridized carbons (Fsp3) is 0.765. The van der Waals surface area contributed by atoms with Gasteiger partial charge in [0.25, 0.3) is 5.56 Å². The molecule has 1 saturated heterocycles. The summed E-state index contributed by atoms with van der Waals surface area (Å²) in [5.41, 5.74) is -1.21. The summed E-state index contributed by atoms with van der Waals surface area (Å²) >= 11 is 0. The maximum Gasteiger partial charge on any atom is 0.359 e. The van der Waals surface area contributed by atoms with Crippen molar-refractivity contribution in [3.8, 4) is 0 Å². The van der Waals surface area contributed by atoms with Crippen LogP contribution >= 0.6 is 7.60 Å². The lowest BCUT2D eigenvalue weighted by Gasteiger charge is -2.30. The molecule has 1 aliphatic heterocycles. The quantitative estimate of drug-likeness (QED) is 0.407. The lowest BCUT2D eigenvalue weighted by atomic mass is 10.0. The first-order valence-electron chi connectivity index (χ1n) is 9.25. The molecule has 0 aromatic carbocycles. The maximum absolute atomic E-state index is 12.4. The fourth-order valence-corrected chi connectivity index (χ4v) is 4.36. The summed E-state index contributed by atoms with van der Waals surface area (Å²) in [5.74, 6) is 0. The van der Waals surface area contributed by atoms with E-state index in [0.717, 1.165) is 9.13 Å². The number of aliphatic hydroxyl groups is 3. The predicted molar refractivity (Wildman–Crippen MR) is 102 cm³/mol. The molecule has 4 N–H and O–H groups in total. The van der Waals surface area contributed by atoms with Gasteiger partial charge >= 0.3 is 13.3 Å². The number of aryl methyl sites for hydroxylation is 1.